The lowest BCUT2D eigenvalue weighted by molar-refractivity contribution is 0.297. The van der Waals surface area contributed by atoms with E-state index in [4.69, 9.17) is 21.1 Å². The summed E-state index contributed by atoms with van der Waals surface area (Å²) in [6.45, 7) is 2.04. The second-order valence-corrected chi connectivity index (χ2v) is 6.12. The molecule has 3 rings (SSSR count). The Bertz CT molecular complexity index is 648. The van der Waals surface area contributed by atoms with Crippen LogP contribution < -0.4 is 14.8 Å². The average molecular weight is 369 g/mol. The van der Waals surface area contributed by atoms with Crippen LogP contribution in [0.2, 0.25) is 5.02 Å². The maximum Gasteiger partial charge on any atom is 0.163 e. The lowest BCUT2D eigenvalue weighted by Gasteiger charge is -2.12. The third kappa shape index (κ3) is 3.63. The minimum Gasteiger partial charge on any atom is -0.490 e. The Morgan fingerprint density at radius 2 is 1.86 bits per heavy atom. The number of hydrogen-bond donors (Lipinski definition) is 1. The Balaban J connectivity index is 1.73. The number of halogens is 2. The fourth-order valence-corrected chi connectivity index (χ4v) is 2.74. The topological polar surface area (TPSA) is 30.5 Å². The summed E-state index contributed by atoms with van der Waals surface area (Å²) in [5.74, 6) is 1.59. The van der Waals surface area contributed by atoms with Gasteiger partial charge in [0.15, 0.2) is 11.5 Å². The summed E-state index contributed by atoms with van der Waals surface area (Å²) in [7, 11) is 0. The number of anilines is 1. The van der Waals surface area contributed by atoms with Crippen LogP contribution in [0.25, 0.3) is 0 Å². The zero-order valence-electron chi connectivity index (χ0n) is 11.4. The maximum absolute atomic E-state index is 6.19. The molecule has 2 aromatic carbocycles. The standard InChI is InChI=1S/C16H15BrClNO2/c17-12-2-4-14(18)11(8-12)10-19-13-3-5-15-16(9-13)21-7-1-6-20-15/h2-5,8-9,19H,1,6-7,10H2. The molecule has 3 nitrogen and oxygen atoms in total. The van der Waals surface area contributed by atoms with E-state index in [0.717, 1.165) is 38.7 Å². The molecule has 5 heteroatoms. The van der Waals surface area contributed by atoms with Crippen LogP contribution in [0, 0.1) is 0 Å². The summed E-state index contributed by atoms with van der Waals surface area (Å²) in [6.07, 6.45) is 0.908. The van der Waals surface area contributed by atoms with Crippen molar-refractivity contribution in [2.45, 2.75) is 13.0 Å². The van der Waals surface area contributed by atoms with Gasteiger partial charge in [0.05, 0.1) is 13.2 Å². The number of nitrogens with one attached hydrogen (secondary N) is 1. The molecule has 0 radical (unpaired) electrons. The molecule has 0 atom stereocenters. The lowest BCUT2D eigenvalue weighted by Crippen LogP contribution is -2.01. The van der Waals surface area contributed by atoms with Crippen LogP contribution in [0.5, 0.6) is 11.5 Å². The number of ether oxygens (including phenoxy) is 2. The average Bonchev–Trinajstić information content (AvgIpc) is 2.73. The number of fused-ring (bicyclic) bond motifs is 1. The summed E-state index contributed by atoms with van der Waals surface area (Å²) in [4.78, 5) is 0. The zero-order chi connectivity index (χ0) is 14.7. The summed E-state index contributed by atoms with van der Waals surface area (Å²) in [6, 6.07) is 11.7. The van der Waals surface area contributed by atoms with Gasteiger partial charge >= 0.3 is 0 Å². The Kier molecular flexibility index (Phi) is 4.56. The van der Waals surface area contributed by atoms with Crippen LogP contribution in [0.1, 0.15) is 12.0 Å². The summed E-state index contributed by atoms with van der Waals surface area (Å²) in [5, 5.41) is 4.11. The molecular weight excluding hydrogens is 354 g/mol. The first-order valence-electron chi connectivity index (χ1n) is 6.80. The van der Waals surface area contributed by atoms with E-state index in [9.17, 15) is 0 Å². The highest BCUT2D eigenvalue weighted by molar-refractivity contribution is 9.10. The third-order valence-electron chi connectivity index (χ3n) is 3.24. The molecular formula is C16H15BrClNO2. The van der Waals surface area contributed by atoms with Gasteiger partial charge in [-0.1, -0.05) is 27.5 Å². The Morgan fingerprint density at radius 3 is 2.71 bits per heavy atom. The second kappa shape index (κ2) is 6.58. The van der Waals surface area contributed by atoms with Crippen molar-refractivity contribution in [1.82, 2.24) is 0 Å². The van der Waals surface area contributed by atoms with Crippen molar-refractivity contribution in [1.29, 1.82) is 0 Å². The first-order valence-corrected chi connectivity index (χ1v) is 7.97. The van der Waals surface area contributed by atoms with Gasteiger partial charge < -0.3 is 14.8 Å². The van der Waals surface area contributed by atoms with Gasteiger partial charge in [-0.3, -0.25) is 0 Å². The van der Waals surface area contributed by atoms with Crippen molar-refractivity contribution in [3.8, 4) is 11.5 Å². The largest absolute Gasteiger partial charge is 0.490 e. The van der Waals surface area contributed by atoms with E-state index in [1.54, 1.807) is 0 Å². The van der Waals surface area contributed by atoms with Gasteiger partial charge in [-0.25, -0.2) is 0 Å². The van der Waals surface area contributed by atoms with Gasteiger partial charge in [0, 0.05) is 34.2 Å². The van der Waals surface area contributed by atoms with Gasteiger partial charge in [0.1, 0.15) is 0 Å². The van der Waals surface area contributed by atoms with Crippen LogP contribution in [-0.4, -0.2) is 13.2 Å². The van der Waals surface area contributed by atoms with Crippen LogP contribution >= 0.6 is 27.5 Å². The van der Waals surface area contributed by atoms with Gasteiger partial charge in [-0.2, -0.15) is 0 Å². The first kappa shape index (κ1) is 14.5. The van der Waals surface area contributed by atoms with E-state index >= 15 is 0 Å². The first-order chi connectivity index (χ1) is 10.2. The summed E-state index contributed by atoms with van der Waals surface area (Å²) in [5.41, 5.74) is 2.02. The molecule has 0 spiro atoms. The molecule has 1 aliphatic heterocycles. The Labute approximate surface area is 137 Å². The molecule has 2 aromatic rings. The van der Waals surface area contributed by atoms with E-state index in [2.05, 4.69) is 21.2 Å². The molecule has 0 aromatic heterocycles. The zero-order valence-corrected chi connectivity index (χ0v) is 13.7. The molecule has 0 fully saturated rings. The van der Waals surface area contributed by atoms with E-state index in [0.29, 0.717) is 19.8 Å². The molecule has 0 amide bonds. The maximum atomic E-state index is 6.19. The summed E-state index contributed by atoms with van der Waals surface area (Å²) >= 11 is 9.65. The van der Waals surface area contributed by atoms with Crippen molar-refractivity contribution in [2.75, 3.05) is 18.5 Å². The van der Waals surface area contributed by atoms with Crippen molar-refractivity contribution in [3.63, 3.8) is 0 Å². The fourth-order valence-electron chi connectivity index (χ4n) is 2.15. The molecule has 0 unspecified atom stereocenters. The fraction of sp³-hybridized carbons (Fsp3) is 0.250. The highest BCUT2D eigenvalue weighted by Gasteiger charge is 2.10. The van der Waals surface area contributed by atoms with Crippen LogP contribution in [-0.2, 0) is 6.54 Å². The molecule has 21 heavy (non-hydrogen) atoms. The third-order valence-corrected chi connectivity index (χ3v) is 4.10. The van der Waals surface area contributed by atoms with E-state index in [1.165, 1.54) is 0 Å². The quantitative estimate of drug-likeness (QED) is 0.838. The minimum absolute atomic E-state index is 0.651. The van der Waals surface area contributed by atoms with Crippen molar-refractivity contribution in [3.05, 3.63) is 51.5 Å². The van der Waals surface area contributed by atoms with E-state index in [-0.39, 0.29) is 0 Å². The van der Waals surface area contributed by atoms with Crippen molar-refractivity contribution < 1.29 is 9.47 Å². The molecule has 1 aliphatic rings. The van der Waals surface area contributed by atoms with Gasteiger partial charge in [-0.05, 0) is 35.9 Å². The minimum atomic E-state index is 0.651. The molecule has 1 N–H and O–H groups in total. The Hall–Kier alpha value is -1.39. The highest BCUT2D eigenvalue weighted by atomic mass is 79.9. The van der Waals surface area contributed by atoms with Gasteiger partial charge in [0.2, 0.25) is 0 Å². The summed E-state index contributed by atoms with van der Waals surface area (Å²) < 4.78 is 12.3. The smallest absolute Gasteiger partial charge is 0.163 e. The predicted molar refractivity (Wildman–Crippen MR) is 88.5 cm³/mol. The number of benzene rings is 2. The highest BCUT2D eigenvalue weighted by Crippen LogP contribution is 2.32. The van der Waals surface area contributed by atoms with E-state index in [1.807, 2.05) is 36.4 Å². The van der Waals surface area contributed by atoms with Crippen molar-refractivity contribution >= 4 is 33.2 Å². The molecule has 1 heterocycles. The van der Waals surface area contributed by atoms with Gasteiger partial charge in [-0.15, -0.1) is 0 Å². The molecule has 0 saturated heterocycles. The lowest BCUT2D eigenvalue weighted by atomic mass is 10.2. The number of hydrogen-bond acceptors (Lipinski definition) is 3. The van der Waals surface area contributed by atoms with Crippen LogP contribution in [0.4, 0.5) is 5.69 Å². The van der Waals surface area contributed by atoms with Crippen molar-refractivity contribution in [2.24, 2.45) is 0 Å². The van der Waals surface area contributed by atoms with Crippen LogP contribution in [0.3, 0.4) is 0 Å². The monoisotopic (exact) mass is 367 g/mol. The predicted octanol–water partition coefficient (Wildman–Crippen LogP) is 4.88. The second-order valence-electron chi connectivity index (χ2n) is 4.80. The Morgan fingerprint density at radius 1 is 1.05 bits per heavy atom. The number of rotatable bonds is 3. The van der Waals surface area contributed by atoms with Gasteiger partial charge in [0.25, 0.3) is 0 Å². The normalized spacial score (nSPS) is 13.6. The molecule has 0 aliphatic carbocycles. The van der Waals surface area contributed by atoms with Crippen LogP contribution in [0.15, 0.2) is 40.9 Å². The molecule has 110 valence electrons. The SMILES string of the molecule is Clc1ccc(Br)cc1CNc1ccc2c(c1)OCCCO2. The van der Waals surface area contributed by atoms with E-state index < -0.39 is 0 Å². The molecule has 0 saturated carbocycles. The molecule has 0 bridgehead atoms.